The molecular formula is C12H18N2O. The molecule has 2 N–H and O–H groups in total. The standard InChI is InChI=1S/C12H18N2O/c1-9(13)11-4-6-14-12(8-11)15-7-5-10-2-3-10/h4,6,8-10H,2-3,5,7,13H2,1H3. The van der Waals surface area contributed by atoms with E-state index in [2.05, 4.69) is 4.98 Å². The first kappa shape index (κ1) is 10.4. The number of nitrogens with zero attached hydrogens (tertiary/aromatic N) is 1. The van der Waals surface area contributed by atoms with Crippen LogP contribution in [0.1, 0.15) is 37.8 Å². The first-order valence-corrected chi connectivity index (χ1v) is 5.60. The maximum absolute atomic E-state index is 5.79. The highest BCUT2D eigenvalue weighted by molar-refractivity contribution is 5.22. The van der Waals surface area contributed by atoms with Crippen LogP contribution in [0.15, 0.2) is 18.3 Å². The molecule has 1 aliphatic rings. The van der Waals surface area contributed by atoms with Gasteiger partial charge in [0.1, 0.15) is 0 Å². The van der Waals surface area contributed by atoms with Crippen molar-refractivity contribution in [2.75, 3.05) is 6.61 Å². The van der Waals surface area contributed by atoms with Gasteiger partial charge < -0.3 is 10.5 Å². The number of pyridine rings is 1. The molecule has 1 atom stereocenters. The molecule has 0 bridgehead atoms. The Labute approximate surface area is 90.7 Å². The zero-order valence-corrected chi connectivity index (χ0v) is 9.15. The predicted molar refractivity (Wildman–Crippen MR) is 59.7 cm³/mol. The second-order valence-corrected chi connectivity index (χ2v) is 4.30. The lowest BCUT2D eigenvalue weighted by molar-refractivity contribution is 0.291. The van der Waals surface area contributed by atoms with Gasteiger partial charge in [-0.25, -0.2) is 4.98 Å². The smallest absolute Gasteiger partial charge is 0.213 e. The van der Waals surface area contributed by atoms with Gasteiger partial charge in [0.05, 0.1) is 6.61 Å². The molecule has 1 aromatic heterocycles. The van der Waals surface area contributed by atoms with Crippen LogP contribution < -0.4 is 10.5 Å². The maximum atomic E-state index is 5.79. The van der Waals surface area contributed by atoms with Crippen LogP contribution >= 0.6 is 0 Å². The van der Waals surface area contributed by atoms with E-state index in [-0.39, 0.29) is 6.04 Å². The third-order valence-corrected chi connectivity index (χ3v) is 2.76. The summed E-state index contributed by atoms with van der Waals surface area (Å²) in [5, 5.41) is 0. The molecule has 1 aromatic rings. The molecular weight excluding hydrogens is 188 g/mol. The number of ether oxygens (including phenoxy) is 1. The normalized spacial score (nSPS) is 17.5. The second-order valence-electron chi connectivity index (χ2n) is 4.30. The van der Waals surface area contributed by atoms with E-state index in [1.54, 1.807) is 6.20 Å². The zero-order chi connectivity index (χ0) is 10.7. The molecule has 0 amide bonds. The minimum atomic E-state index is 0.0405. The fourth-order valence-electron chi connectivity index (χ4n) is 1.52. The Balaban J connectivity index is 1.86. The SMILES string of the molecule is CC(N)c1ccnc(OCCC2CC2)c1. The van der Waals surface area contributed by atoms with E-state index in [9.17, 15) is 0 Å². The summed E-state index contributed by atoms with van der Waals surface area (Å²) in [6.45, 7) is 2.74. The van der Waals surface area contributed by atoms with E-state index >= 15 is 0 Å². The fraction of sp³-hybridized carbons (Fsp3) is 0.583. The molecule has 1 fully saturated rings. The van der Waals surface area contributed by atoms with E-state index in [1.165, 1.54) is 12.8 Å². The van der Waals surface area contributed by atoms with Crippen LogP contribution in [-0.2, 0) is 0 Å². The second kappa shape index (κ2) is 4.62. The molecule has 15 heavy (non-hydrogen) atoms. The first-order chi connectivity index (χ1) is 7.25. The fourth-order valence-corrected chi connectivity index (χ4v) is 1.52. The highest BCUT2D eigenvalue weighted by atomic mass is 16.5. The van der Waals surface area contributed by atoms with E-state index < -0.39 is 0 Å². The van der Waals surface area contributed by atoms with Crippen molar-refractivity contribution in [1.82, 2.24) is 4.98 Å². The van der Waals surface area contributed by atoms with Gasteiger partial charge in [0.25, 0.3) is 0 Å². The molecule has 0 aliphatic heterocycles. The molecule has 0 radical (unpaired) electrons. The lowest BCUT2D eigenvalue weighted by Gasteiger charge is -2.08. The van der Waals surface area contributed by atoms with Crippen molar-refractivity contribution in [2.45, 2.75) is 32.2 Å². The molecule has 0 spiro atoms. The van der Waals surface area contributed by atoms with Gasteiger partial charge in [0.15, 0.2) is 0 Å². The molecule has 0 aromatic carbocycles. The van der Waals surface area contributed by atoms with Crippen molar-refractivity contribution in [3.05, 3.63) is 23.9 Å². The van der Waals surface area contributed by atoms with Crippen LogP contribution in [0.4, 0.5) is 0 Å². The molecule has 1 heterocycles. The first-order valence-electron chi connectivity index (χ1n) is 5.60. The molecule has 2 rings (SSSR count). The van der Waals surface area contributed by atoms with Crippen LogP contribution in [0.2, 0.25) is 0 Å². The number of hydrogen-bond acceptors (Lipinski definition) is 3. The van der Waals surface area contributed by atoms with Crippen LogP contribution in [0.3, 0.4) is 0 Å². The Hall–Kier alpha value is -1.09. The lowest BCUT2D eigenvalue weighted by atomic mass is 10.1. The Morgan fingerprint density at radius 1 is 1.60 bits per heavy atom. The van der Waals surface area contributed by atoms with Gasteiger partial charge in [-0.15, -0.1) is 0 Å². The Bertz CT molecular complexity index is 321. The van der Waals surface area contributed by atoms with Crippen LogP contribution in [0.25, 0.3) is 0 Å². The van der Waals surface area contributed by atoms with Crippen LogP contribution in [-0.4, -0.2) is 11.6 Å². The van der Waals surface area contributed by atoms with Gasteiger partial charge in [-0.1, -0.05) is 12.8 Å². The summed E-state index contributed by atoms with van der Waals surface area (Å²) in [7, 11) is 0. The largest absolute Gasteiger partial charge is 0.478 e. The summed E-state index contributed by atoms with van der Waals surface area (Å²) in [6, 6.07) is 3.90. The van der Waals surface area contributed by atoms with Crippen molar-refractivity contribution in [3.63, 3.8) is 0 Å². The molecule has 1 unspecified atom stereocenters. The average Bonchev–Trinajstić information content (AvgIpc) is 3.02. The van der Waals surface area contributed by atoms with Crippen molar-refractivity contribution < 1.29 is 4.74 Å². The monoisotopic (exact) mass is 206 g/mol. The van der Waals surface area contributed by atoms with Gasteiger partial charge in [-0.05, 0) is 30.9 Å². The zero-order valence-electron chi connectivity index (χ0n) is 9.15. The summed E-state index contributed by atoms with van der Waals surface area (Å²) in [4.78, 5) is 4.16. The highest BCUT2D eigenvalue weighted by Crippen LogP contribution is 2.32. The van der Waals surface area contributed by atoms with Crippen molar-refractivity contribution in [3.8, 4) is 5.88 Å². The molecule has 1 aliphatic carbocycles. The third-order valence-electron chi connectivity index (χ3n) is 2.76. The minimum Gasteiger partial charge on any atom is -0.478 e. The molecule has 1 saturated carbocycles. The lowest BCUT2D eigenvalue weighted by Crippen LogP contribution is -2.06. The van der Waals surface area contributed by atoms with Crippen LogP contribution in [0.5, 0.6) is 5.88 Å². The quantitative estimate of drug-likeness (QED) is 0.804. The Kier molecular flexibility index (Phi) is 3.21. The average molecular weight is 206 g/mol. The van der Waals surface area contributed by atoms with E-state index in [1.807, 2.05) is 19.1 Å². The number of aromatic nitrogens is 1. The minimum absolute atomic E-state index is 0.0405. The molecule has 0 saturated heterocycles. The number of hydrogen-bond donors (Lipinski definition) is 1. The highest BCUT2D eigenvalue weighted by Gasteiger charge is 2.20. The van der Waals surface area contributed by atoms with Gasteiger partial charge in [0.2, 0.25) is 5.88 Å². The third kappa shape index (κ3) is 3.20. The molecule has 3 heteroatoms. The molecule has 82 valence electrons. The van der Waals surface area contributed by atoms with Gasteiger partial charge in [0, 0.05) is 18.3 Å². The summed E-state index contributed by atoms with van der Waals surface area (Å²) in [5.74, 6) is 1.60. The van der Waals surface area contributed by atoms with Crippen molar-refractivity contribution in [2.24, 2.45) is 11.7 Å². The van der Waals surface area contributed by atoms with Crippen molar-refractivity contribution in [1.29, 1.82) is 0 Å². The van der Waals surface area contributed by atoms with E-state index in [4.69, 9.17) is 10.5 Å². The van der Waals surface area contributed by atoms with Gasteiger partial charge in [-0.3, -0.25) is 0 Å². The summed E-state index contributed by atoms with van der Waals surface area (Å²) in [6.07, 6.45) is 5.66. The summed E-state index contributed by atoms with van der Waals surface area (Å²) < 4.78 is 5.58. The van der Waals surface area contributed by atoms with Gasteiger partial charge >= 0.3 is 0 Å². The van der Waals surface area contributed by atoms with Crippen LogP contribution in [0, 0.1) is 5.92 Å². The van der Waals surface area contributed by atoms with Crippen molar-refractivity contribution >= 4 is 0 Å². The predicted octanol–water partition coefficient (Wildman–Crippen LogP) is 2.28. The summed E-state index contributed by atoms with van der Waals surface area (Å²) >= 11 is 0. The summed E-state index contributed by atoms with van der Waals surface area (Å²) in [5.41, 5.74) is 6.86. The Morgan fingerprint density at radius 2 is 2.40 bits per heavy atom. The Morgan fingerprint density at radius 3 is 3.07 bits per heavy atom. The molecule has 3 nitrogen and oxygen atoms in total. The maximum Gasteiger partial charge on any atom is 0.213 e. The topological polar surface area (TPSA) is 48.1 Å². The number of nitrogens with two attached hydrogens (primary N) is 1. The number of rotatable bonds is 5. The van der Waals surface area contributed by atoms with E-state index in [0.717, 1.165) is 24.5 Å². The van der Waals surface area contributed by atoms with Gasteiger partial charge in [-0.2, -0.15) is 0 Å². The van der Waals surface area contributed by atoms with E-state index in [0.29, 0.717) is 5.88 Å².